The molecule has 0 radical (unpaired) electrons. The fraction of sp³-hybridized carbons (Fsp3) is 0.333. The van der Waals surface area contributed by atoms with Crippen molar-refractivity contribution in [2.24, 2.45) is 5.92 Å². The lowest BCUT2D eigenvalue weighted by Crippen LogP contribution is -2.14. The highest BCUT2D eigenvalue weighted by Gasteiger charge is 2.13. The molecule has 106 valence electrons. The van der Waals surface area contributed by atoms with E-state index in [0.29, 0.717) is 29.0 Å². The van der Waals surface area contributed by atoms with E-state index in [1.54, 1.807) is 12.3 Å². The van der Waals surface area contributed by atoms with Gasteiger partial charge in [0.2, 0.25) is 0 Å². The maximum atomic E-state index is 12.2. The van der Waals surface area contributed by atoms with E-state index in [1.165, 1.54) is 11.3 Å². The molecule has 2 aromatic rings. The van der Waals surface area contributed by atoms with Crippen molar-refractivity contribution >= 4 is 22.4 Å². The van der Waals surface area contributed by atoms with Crippen molar-refractivity contribution in [2.75, 3.05) is 11.9 Å². The van der Waals surface area contributed by atoms with Crippen LogP contribution in [0, 0.1) is 5.92 Å². The van der Waals surface area contributed by atoms with E-state index in [1.807, 2.05) is 23.6 Å². The maximum absolute atomic E-state index is 12.2. The van der Waals surface area contributed by atoms with Gasteiger partial charge >= 0.3 is 0 Å². The third-order valence-electron chi connectivity index (χ3n) is 2.74. The fourth-order valence-electron chi connectivity index (χ4n) is 1.63. The molecule has 1 heterocycles. The van der Waals surface area contributed by atoms with E-state index in [2.05, 4.69) is 24.1 Å². The average molecular weight is 290 g/mol. The van der Waals surface area contributed by atoms with Crippen molar-refractivity contribution in [1.29, 1.82) is 0 Å². The minimum absolute atomic E-state index is 0.194. The summed E-state index contributed by atoms with van der Waals surface area (Å²) in [5, 5.41) is 5.18. The molecule has 0 aliphatic rings. The number of amides is 1. The Balaban J connectivity index is 2.04. The molecule has 0 bridgehead atoms. The van der Waals surface area contributed by atoms with Crippen LogP contribution >= 0.6 is 11.3 Å². The fourth-order valence-corrected chi connectivity index (χ4v) is 2.16. The van der Waals surface area contributed by atoms with Crippen LogP contribution in [0.5, 0.6) is 5.75 Å². The van der Waals surface area contributed by atoms with Gasteiger partial charge in [-0.15, -0.1) is 11.3 Å². The van der Waals surface area contributed by atoms with Crippen LogP contribution in [0.15, 0.2) is 35.8 Å². The van der Waals surface area contributed by atoms with Gasteiger partial charge in [0.25, 0.3) is 5.91 Å². The summed E-state index contributed by atoms with van der Waals surface area (Å²) in [6.07, 6.45) is 2.62. The first-order chi connectivity index (χ1) is 9.66. The topological polar surface area (TPSA) is 51.2 Å². The molecule has 2 rings (SSSR count). The predicted octanol–water partition coefficient (Wildman–Crippen LogP) is 3.82. The Morgan fingerprint density at radius 1 is 1.40 bits per heavy atom. The second kappa shape index (κ2) is 7.05. The largest absolute Gasteiger partial charge is 0.493 e. The summed E-state index contributed by atoms with van der Waals surface area (Å²) in [7, 11) is 0. The normalized spacial score (nSPS) is 10.6. The molecule has 0 fully saturated rings. The molecule has 1 aromatic carbocycles. The molecular formula is C15H18N2O2S. The zero-order chi connectivity index (χ0) is 14.4. The third-order valence-corrected chi connectivity index (χ3v) is 3.43. The van der Waals surface area contributed by atoms with Crippen LogP contribution in [0.2, 0.25) is 0 Å². The summed E-state index contributed by atoms with van der Waals surface area (Å²) in [6, 6.07) is 7.27. The molecule has 0 aliphatic carbocycles. The summed E-state index contributed by atoms with van der Waals surface area (Å²) in [5.74, 6) is 0.994. The summed E-state index contributed by atoms with van der Waals surface area (Å²) >= 11 is 1.39. The van der Waals surface area contributed by atoms with E-state index in [0.717, 1.165) is 6.42 Å². The van der Waals surface area contributed by atoms with Gasteiger partial charge in [-0.25, -0.2) is 4.98 Å². The molecule has 1 aromatic heterocycles. The van der Waals surface area contributed by atoms with Crippen molar-refractivity contribution in [3.05, 3.63) is 41.4 Å². The number of hydrogen-bond acceptors (Lipinski definition) is 4. The maximum Gasteiger partial charge on any atom is 0.261 e. The molecule has 0 aliphatic heterocycles. The van der Waals surface area contributed by atoms with Crippen LogP contribution in [0.4, 0.5) is 5.13 Å². The molecule has 1 amide bonds. The molecule has 5 heteroatoms. The van der Waals surface area contributed by atoms with E-state index in [4.69, 9.17) is 4.74 Å². The third kappa shape index (κ3) is 4.06. The SMILES string of the molecule is CC(C)CCOc1ccccc1C(=O)Nc1nccs1. The van der Waals surface area contributed by atoms with Crippen molar-refractivity contribution in [3.8, 4) is 5.75 Å². The van der Waals surface area contributed by atoms with Gasteiger partial charge in [0.15, 0.2) is 5.13 Å². The van der Waals surface area contributed by atoms with Crippen LogP contribution in [-0.2, 0) is 0 Å². The quantitative estimate of drug-likeness (QED) is 0.880. The number of ether oxygens (including phenoxy) is 1. The van der Waals surface area contributed by atoms with Crippen LogP contribution in [-0.4, -0.2) is 17.5 Å². The second-order valence-electron chi connectivity index (χ2n) is 4.82. The Morgan fingerprint density at radius 3 is 2.90 bits per heavy atom. The summed E-state index contributed by atoms with van der Waals surface area (Å²) in [4.78, 5) is 16.2. The minimum atomic E-state index is -0.194. The number of benzene rings is 1. The van der Waals surface area contributed by atoms with Crippen LogP contribution < -0.4 is 10.1 Å². The first-order valence-electron chi connectivity index (χ1n) is 6.59. The van der Waals surface area contributed by atoms with E-state index < -0.39 is 0 Å². The van der Waals surface area contributed by atoms with Crippen LogP contribution in [0.1, 0.15) is 30.6 Å². The highest BCUT2D eigenvalue weighted by Crippen LogP contribution is 2.21. The number of carbonyl (C=O) groups excluding carboxylic acids is 1. The molecule has 0 unspecified atom stereocenters. The van der Waals surface area contributed by atoms with Crippen molar-refractivity contribution in [1.82, 2.24) is 4.98 Å². The second-order valence-corrected chi connectivity index (χ2v) is 5.71. The number of para-hydroxylation sites is 1. The minimum Gasteiger partial charge on any atom is -0.493 e. The van der Waals surface area contributed by atoms with E-state index in [-0.39, 0.29) is 5.91 Å². The van der Waals surface area contributed by atoms with Gasteiger partial charge in [-0.05, 0) is 24.5 Å². The van der Waals surface area contributed by atoms with Crippen LogP contribution in [0.3, 0.4) is 0 Å². The highest BCUT2D eigenvalue weighted by molar-refractivity contribution is 7.13. The number of aromatic nitrogens is 1. The summed E-state index contributed by atoms with van der Waals surface area (Å²) < 4.78 is 5.71. The Bertz CT molecular complexity index is 553. The van der Waals surface area contributed by atoms with Gasteiger partial charge in [0, 0.05) is 11.6 Å². The molecule has 0 spiro atoms. The number of carbonyl (C=O) groups is 1. The molecule has 0 atom stereocenters. The first-order valence-corrected chi connectivity index (χ1v) is 7.47. The van der Waals surface area contributed by atoms with Crippen molar-refractivity contribution in [3.63, 3.8) is 0 Å². The lowest BCUT2D eigenvalue weighted by molar-refractivity contribution is 0.102. The van der Waals surface area contributed by atoms with Gasteiger partial charge in [-0.3, -0.25) is 10.1 Å². The van der Waals surface area contributed by atoms with E-state index >= 15 is 0 Å². The summed E-state index contributed by atoms with van der Waals surface area (Å²) in [5.41, 5.74) is 0.534. The first kappa shape index (κ1) is 14.5. The standard InChI is InChI=1S/C15H18N2O2S/c1-11(2)7-9-19-13-6-4-3-5-12(13)14(18)17-15-16-8-10-20-15/h3-6,8,10-11H,7,9H2,1-2H3,(H,16,17,18). The highest BCUT2D eigenvalue weighted by atomic mass is 32.1. The van der Waals surface area contributed by atoms with Gasteiger partial charge in [0.05, 0.1) is 12.2 Å². The Kier molecular flexibility index (Phi) is 5.12. The Hall–Kier alpha value is -1.88. The van der Waals surface area contributed by atoms with Crippen molar-refractivity contribution < 1.29 is 9.53 Å². The molecule has 20 heavy (non-hydrogen) atoms. The van der Waals surface area contributed by atoms with E-state index in [9.17, 15) is 4.79 Å². The molecular weight excluding hydrogens is 272 g/mol. The number of nitrogens with zero attached hydrogens (tertiary/aromatic N) is 1. The van der Waals surface area contributed by atoms with Gasteiger partial charge < -0.3 is 4.74 Å². The molecule has 0 saturated heterocycles. The summed E-state index contributed by atoms with van der Waals surface area (Å²) in [6.45, 7) is 4.90. The Morgan fingerprint density at radius 2 is 2.20 bits per heavy atom. The smallest absolute Gasteiger partial charge is 0.261 e. The number of nitrogens with one attached hydrogen (secondary N) is 1. The zero-order valence-corrected chi connectivity index (χ0v) is 12.4. The molecule has 1 N–H and O–H groups in total. The Labute approximate surface area is 122 Å². The average Bonchev–Trinajstić information content (AvgIpc) is 2.91. The molecule has 4 nitrogen and oxygen atoms in total. The zero-order valence-electron chi connectivity index (χ0n) is 11.6. The van der Waals surface area contributed by atoms with Crippen molar-refractivity contribution in [2.45, 2.75) is 20.3 Å². The number of hydrogen-bond donors (Lipinski definition) is 1. The van der Waals surface area contributed by atoms with Gasteiger partial charge in [0.1, 0.15) is 5.75 Å². The monoisotopic (exact) mass is 290 g/mol. The number of rotatable bonds is 6. The van der Waals surface area contributed by atoms with Crippen LogP contribution in [0.25, 0.3) is 0 Å². The number of thiazole rings is 1. The van der Waals surface area contributed by atoms with Gasteiger partial charge in [-0.2, -0.15) is 0 Å². The molecule has 0 saturated carbocycles. The lowest BCUT2D eigenvalue weighted by atomic mass is 10.1. The number of anilines is 1. The predicted molar refractivity (Wildman–Crippen MR) is 81.5 cm³/mol. The van der Waals surface area contributed by atoms with Gasteiger partial charge in [-0.1, -0.05) is 26.0 Å². The lowest BCUT2D eigenvalue weighted by Gasteiger charge is -2.11.